The molecule has 1 aromatic carbocycles. The van der Waals surface area contributed by atoms with Crippen molar-refractivity contribution in [1.82, 2.24) is 4.98 Å². The molecular weight excluding hydrogens is 266 g/mol. The third-order valence-electron chi connectivity index (χ3n) is 3.51. The predicted octanol–water partition coefficient (Wildman–Crippen LogP) is 2.91. The lowest BCUT2D eigenvalue weighted by molar-refractivity contribution is 0.177. The van der Waals surface area contributed by atoms with Crippen molar-refractivity contribution in [3.63, 3.8) is 0 Å². The SMILES string of the molecule is COc1ccc(CC(O)c2cccc(OC3CC3)c2)cn1. The molecule has 1 aliphatic carbocycles. The summed E-state index contributed by atoms with van der Waals surface area (Å²) in [4.78, 5) is 4.15. The second kappa shape index (κ2) is 6.14. The van der Waals surface area contributed by atoms with Crippen molar-refractivity contribution in [1.29, 1.82) is 0 Å². The summed E-state index contributed by atoms with van der Waals surface area (Å²) in [5.74, 6) is 1.41. The van der Waals surface area contributed by atoms with E-state index < -0.39 is 6.10 Å². The normalized spacial score (nSPS) is 15.5. The maximum atomic E-state index is 10.4. The highest BCUT2D eigenvalue weighted by Gasteiger charge is 2.23. The molecule has 0 aliphatic heterocycles. The molecule has 3 rings (SSSR count). The van der Waals surface area contributed by atoms with Crippen molar-refractivity contribution in [2.24, 2.45) is 0 Å². The van der Waals surface area contributed by atoms with Gasteiger partial charge in [0.15, 0.2) is 0 Å². The number of pyridine rings is 1. The van der Waals surface area contributed by atoms with Crippen LogP contribution in [0.25, 0.3) is 0 Å². The van der Waals surface area contributed by atoms with Gasteiger partial charge >= 0.3 is 0 Å². The largest absolute Gasteiger partial charge is 0.490 e. The zero-order valence-corrected chi connectivity index (χ0v) is 12.0. The van der Waals surface area contributed by atoms with Crippen molar-refractivity contribution >= 4 is 0 Å². The van der Waals surface area contributed by atoms with Gasteiger partial charge in [0, 0.05) is 18.7 Å². The molecule has 4 heteroatoms. The number of aliphatic hydroxyl groups excluding tert-OH is 1. The lowest BCUT2D eigenvalue weighted by Gasteiger charge is -2.13. The first-order chi connectivity index (χ1) is 10.2. The van der Waals surface area contributed by atoms with E-state index in [0.717, 1.165) is 29.7 Å². The van der Waals surface area contributed by atoms with Crippen LogP contribution >= 0.6 is 0 Å². The molecule has 1 fully saturated rings. The molecule has 21 heavy (non-hydrogen) atoms. The molecule has 0 spiro atoms. The molecule has 1 unspecified atom stereocenters. The Bertz CT molecular complexity index is 593. The van der Waals surface area contributed by atoms with Crippen LogP contribution in [0.2, 0.25) is 0 Å². The fourth-order valence-corrected chi connectivity index (χ4v) is 2.17. The first-order valence-electron chi connectivity index (χ1n) is 7.18. The Hall–Kier alpha value is -2.07. The van der Waals surface area contributed by atoms with E-state index in [1.807, 2.05) is 30.3 Å². The smallest absolute Gasteiger partial charge is 0.212 e. The van der Waals surface area contributed by atoms with E-state index in [0.29, 0.717) is 18.4 Å². The number of aliphatic hydroxyl groups is 1. The Morgan fingerprint density at radius 2 is 2.14 bits per heavy atom. The molecule has 4 nitrogen and oxygen atoms in total. The van der Waals surface area contributed by atoms with Gasteiger partial charge < -0.3 is 14.6 Å². The first kappa shape index (κ1) is 13.9. The Balaban J connectivity index is 1.67. The summed E-state index contributed by atoms with van der Waals surface area (Å²) in [6.45, 7) is 0. The fraction of sp³-hybridized carbons (Fsp3) is 0.353. The van der Waals surface area contributed by atoms with Crippen molar-refractivity contribution in [3.8, 4) is 11.6 Å². The number of aromatic nitrogens is 1. The zero-order valence-electron chi connectivity index (χ0n) is 12.0. The van der Waals surface area contributed by atoms with Crippen LogP contribution in [0.1, 0.15) is 30.1 Å². The standard InChI is InChI=1S/C17H19NO3/c1-20-17-8-5-12(11-18-17)9-16(19)13-3-2-4-15(10-13)21-14-6-7-14/h2-5,8,10-11,14,16,19H,6-7,9H2,1H3. The maximum Gasteiger partial charge on any atom is 0.212 e. The van der Waals surface area contributed by atoms with Crippen LogP contribution in [-0.2, 0) is 6.42 Å². The highest BCUT2D eigenvalue weighted by Crippen LogP contribution is 2.29. The Morgan fingerprint density at radius 1 is 1.29 bits per heavy atom. The van der Waals surface area contributed by atoms with Crippen LogP contribution in [0.15, 0.2) is 42.6 Å². The van der Waals surface area contributed by atoms with Crippen LogP contribution in [0, 0.1) is 0 Å². The van der Waals surface area contributed by atoms with Gasteiger partial charge in [-0.1, -0.05) is 18.2 Å². The molecular formula is C17H19NO3. The van der Waals surface area contributed by atoms with E-state index in [9.17, 15) is 5.11 Å². The van der Waals surface area contributed by atoms with Gasteiger partial charge in [0.25, 0.3) is 0 Å². The average Bonchev–Trinajstić information content (AvgIpc) is 3.32. The van der Waals surface area contributed by atoms with Gasteiger partial charge in [-0.25, -0.2) is 4.98 Å². The van der Waals surface area contributed by atoms with Crippen LogP contribution in [0.3, 0.4) is 0 Å². The number of hydrogen-bond acceptors (Lipinski definition) is 4. The predicted molar refractivity (Wildman–Crippen MR) is 79.5 cm³/mol. The quantitative estimate of drug-likeness (QED) is 0.886. The van der Waals surface area contributed by atoms with Crippen molar-refractivity contribution < 1.29 is 14.6 Å². The van der Waals surface area contributed by atoms with Crippen LogP contribution in [0.5, 0.6) is 11.6 Å². The molecule has 0 radical (unpaired) electrons. The topological polar surface area (TPSA) is 51.6 Å². The minimum absolute atomic E-state index is 0.364. The molecule has 1 N–H and O–H groups in total. The number of hydrogen-bond donors (Lipinski definition) is 1. The van der Waals surface area contributed by atoms with Crippen molar-refractivity contribution in [2.45, 2.75) is 31.5 Å². The van der Waals surface area contributed by atoms with Gasteiger partial charge in [-0.2, -0.15) is 0 Å². The second-order valence-electron chi connectivity index (χ2n) is 5.32. The summed E-state index contributed by atoms with van der Waals surface area (Å²) in [5.41, 5.74) is 1.83. The van der Waals surface area contributed by atoms with E-state index in [4.69, 9.17) is 9.47 Å². The summed E-state index contributed by atoms with van der Waals surface area (Å²) in [6.07, 6.45) is 4.30. The number of ether oxygens (including phenoxy) is 2. The molecule has 0 bridgehead atoms. The van der Waals surface area contributed by atoms with Crippen molar-refractivity contribution in [2.75, 3.05) is 7.11 Å². The molecule has 1 aromatic heterocycles. The Kier molecular flexibility index (Phi) is 4.06. The van der Waals surface area contributed by atoms with Crippen LogP contribution in [-0.4, -0.2) is 23.3 Å². The molecule has 0 saturated heterocycles. The third-order valence-corrected chi connectivity index (χ3v) is 3.51. The van der Waals surface area contributed by atoms with E-state index >= 15 is 0 Å². The van der Waals surface area contributed by atoms with E-state index in [2.05, 4.69) is 4.98 Å². The van der Waals surface area contributed by atoms with E-state index in [1.165, 1.54) is 0 Å². The molecule has 110 valence electrons. The van der Waals surface area contributed by atoms with Crippen LogP contribution < -0.4 is 9.47 Å². The average molecular weight is 285 g/mol. The number of methoxy groups -OCH3 is 1. The van der Waals surface area contributed by atoms with E-state index in [-0.39, 0.29) is 0 Å². The number of rotatable bonds is 6. The second-order valence-corrected chi connectivity index (χ2v) is 5.32. The van der Waals surface area contributed by atoms with Gasteiger partial charge in [0.1, 0.15) is 5.75 Å². The van der Waals surface area contributed by atoms with E-state index in [1.54, 1.807) is 19.4 Å². The van der Waals surface area contributed by atoms with Gasteiger partial charge in [-0.3, -0.25) is 0 Å². The molecule has 0 amide bonds. The lowest BCUT2D eigenvalue weighted by atomic mass is 10.0. The van der Waals surface area contributed by atoms with Gasteiger partial charge in [0.2, 0.25) is 5.88 Å². The Morgan fingerprint density at radius 3 is 2.81 bits per heavy atom. The summed E-state index contributed by atoms with van der Waals surface area (Å²) in [7, 11) is 1.59. The van der Waals surface area contributed by atoms with Gasteiger partial charge in [-0.15, -0.1) is 0 Å². The molecule has 1 atom stereocenters. The van der Waals surface area contributed by atoms with Crippen LogP contribution in [0.4, 0.5) is 0 Å². The summed E-state index contributed by atoms with van der Waals surface area (Å²) >= 11 is 0. The molecule has 2 aromatic rings. The van der Waals surface area contributed by atoms with Crippen molar-refractivity contribution in [3.05, 3.63) is 53.7 Å². The maximum absolute atomic E-state index is 10.4. The number of nitrogens with zero attached hydrogens (tertiary/aromatic N) is 1. The third kappa shape index (κ3) is 3.73. The fourth-order valence-electron chi connectivity index (χ4n) is 2.17. The summed E-state index contributed by atoms with van der Waals surface area (Å²) < 4.78 is 10.8. The highest BCUT2D eigenvalue weighted by molar-refractivity contribution is 5.31. The number of benzene rings is 1. The first-order valence-corrected chi connectivity index (χ1v) is 7.18. The molecule has 1 heterocycles. The molecule has 1 saturated carbocycles. The van der Waals surface area contributed by atoms with Gasteiger partial charge in [0.05, 0.1) is 19.3 Å². The summed E-state index contributed by atoms with van der Waals surface area (Å²) in [5, 5.41) is 10.4. The summed E-state index contributed by atoms with van der Waals surface area (Å²) in [6, 6.07) is 11.4. The molecule has 1 aliphatic rings. The van der Waals surface area contributed by atoms with Gasteiger partial charge in [-0.05, 0) is 36.1 Å². The Labute approximate surface area is 124 Å². The zero-order chi connectivity index (χ0) is 14.7. The lowest BCUT2D eigenvalue weighted by Crippen LogP contribution is -2.03. The highest BCUT2D eigenvalue weighted by atomic mass is 16.5. The monoisotopic (exact) mass is 285 g/mol. The minimum atomic E-state index is -0.567. The minimum Gasteiger partial charge on any atom is -0.490 e.